The number of nitrogens with two attached hydrogens (primary N) is 1. The van der Waals surface area contributed by atoms with Gasteiger partial charge in [-0.05, 0) is 99.5 Å². The lowest BCUT2D eigenvalue weighted by atomic mass is 9.96. The Morgan fingerprint density at radius 3 is 1.77 bits per heavy atom. The van der Waals surface area contributed by atoms with Crippen molar-refractivity contribution in [2.75, 3.05) is 25.1 Å². The van der Waals surface area contributed by atoms with Crippen molar-refractivity contribution in [1.29, 1.82) is 0 Å². The molecular formula is C68H97N15O18S. The Bertz CT molecular complexity index is 3540. The fourth-order valence-electron chi connectivity index (χ4n) is 11.5. The van der Waals surface area contributed by atoms with Crippen LogP contribution in [0.5, 0.6) is 0 Å². The number of hydrogen-bond donors (Lipinski definition) is 17. The summed E-state index contributed by atoms with van der Waals surface area (Å²) in [6, 6.07) is -0.702. The monoisotopic (exact) mass is 1440 g/mol. The van der Waals surface area contributed by atoms with E-state index in [1.807, 2.05) is 6.07 Å². The summed E-state index contributed by atoms with van der Waals surface area (Å²) in [5, 5.41) is 66.8. The molecule has 102 heavy (non-hydrogen) atoms. The highest BCUT2D eigenvalue weighted by atomic mass is 32.2. The molecule has 11 amide bonds. The van der Waals surface area contributed by atoms with E-state index in [1.54, 1.807) is 74.8 Å². The van der Waals surface area contributed by atoms with Crippen LogP contribution in [0.4, 0.5) is 0 Å². The van der Waals surface area contributed by atoms with Crippen LogP contribution in [-0.2, 0) is 86.4 Å². The van der Waals surface area contributed by atoms with E-state index in [0.29, 0.717) is 52.9 Å². The van der Waals surface area contributed by atoms with E-state index in [2.05, 4.69) is 68.1 Å². The summed E-state index contributed by atoms with van der Waals surface area (Å²) >= 11 is 1.37. The number of nitrogens with one attached hydrogen (secondary N) is 12. The number of rotatable bonds is 43. The molecule has 0 bridgehead atoms. The molecule has 13 atom stereocenters. The van der Waals surface area contributed by atoms with Gasteiger partial charge >= 0.3 is 17.9 Å². The third-order valence-corrected chi connectivity index (χ3v) is 18.0. The largest absolute Gasteiger partial charge is 0.481 e. The maximum atomic E-state index is 15.1. The lowest BCUT2D eigenvalue weighted by Crippen LogP contribution is -2.63. The molecule has 33 nitrogen and oxygen atoms in total. The summed E-state index contributed by atoms with van der Waals surface area (Å²) in [6.45, 7) is 8.78. The molecule has 0 radical (unpaired) electrons. The van der Waals surface area contributed by atoms with E-state index in [-0.39, 0.29) is 57.9 Å². The van der Waals surface area contributed by atoms with Crippen molar-refractivity contribution >= 4 is 106 Å². The van der Waals surface area contributed by atoms with Gasteiger partial charge in [0.1, 0.15) is 66.5 Å². The number of amides is 11. The predicted octanol–water partition coefficient (Wildman–Crippen LogP) is -0.833. The molecule has 0 aliphatic carbocycles. The standard InChI is InChI=1S/C68H97N15O18S/c1-8-37(4)56(81-66(98)57(38(5)84)82-64(96)55(36(2)3)80-62(94)50(32-54(88)89)77-59(91)46(25-28-102-7)73-39(6)85)65(97)74-45(23-24-53(86)87)58(90)79-51(31-42-34-70-35-72-42)67(99)83-27-16-22-52(83)63(95)78-49(30-41-33-71-44-20-13-12-19-43(41)44)61(93)76-48(29-40-17-10-9-11-18-40)60(92)75-47(68(100)101)21-14-15-26-69/h9-13,17-20,33-38,45-52,55-57,71,84H,8,14-16,21-32,69H2,1-7H3,(H,70,72)(H,73,85)(H,74,97)(H,75,92)(H,76,93)(H,77,91)(H,78,95)(H,79,90)(H,80,94)(H,81,98)(H,82,96)(H,86,87)(H,88,89)(H,100,101)/t37-,38+,45-,46-,47-,48-,49-,50-,51-,52-,55-,56-,57-/m0/s1. The smallest absolute Gasteiger partial charge is 0.326 e. The molecule has 558 valence electrons. The molecular weight excluding hydrogens is 1350 g/mol. The molecule has 0 saturated carbocycles. The van der Waals surface area contributed by atoms with Gasteiger partial charge in [-0.25, -0.2) is 9.78 Å². The van der Waals surface area contributed by atoms with Gasteiger partial charge in [-0.3, -0.25) is 62.3 Å². The number of hydrogen-bond acceptors (Lipinski definition) is 18. The number of likely N-dealkylation sites (tertiary alicyclic amines) is 1. The fourth-order valence-corrected chi connectivity index (χ4v) is 12.0. The molecule has 5 rings (SSSR count). The molecule has 0 spiro atoms. The SMILES string of the molecule is CC[C@H](C)[C@H](NC(=O)[C@@H](NC(=O)[C@@H](NC(=O)[C@H](CC(=O)O)NC(=O)[C@H](CCSC)NC(C)=O)C(C)C)[C@@H](C)O)C(=O)N[C@@H](CCC(=O)O)C(=O)N[C@@H](Cc1cnc[nH]1)C(=O)N1CCC[C@H]1C(=O)N[C@@H](Cc1c[nH]c2ccccc12)C(=O)N[C@@H](Cc1ccccc1)C(=O)N[C@@H](CCCCN)C(=O)O. The molecule has 18 N–H and O–H groups in total. The van der Waals surface area contributed by atoms with E-state index in [4.69, 9.17) is 5.73 Å². The van der Waals surface area contributed by atoms with Crippen molar-refractivity contribution in [2.45, 2.75) is 198 Å². The van der Waals surface area contributed by atoms with Crippen molar-refractivity contribution in [2.24, 2.45) is 17.6 Å². The van der Waals surface area contributed by atoms with Crippen LogP contribution in [0.15, 0.2) is 73.3 Å². The number of aliphatic carboxylic acids is 3. The van der Waals surface area contributed by atoms with Gasteiger partial charge in [-0.2, -0.15) is 11.8 Å². The first-order valence-electron chi connectivity index (χ1n) is 33.9. The number of benzene rings is 2. The van der Waals surface area contributed by atoms with Crippen LogP contribution in [0.25, 0.3) is 10.9 Å². The van der Waals surface area contributed by atoms with Crippen molar-refractivity contribution in [3.05, 3.63) is 90.1 Å². The molecule has 1 saturated heterocycles. The molecule has 4 aromatic rings. The third-order valence-electron chi connectivity index (χ3n) is 17.3. The zero-order valence-corrected chi connectivity index (χ0v) is 59.0. The van der Waals surface area contributed by atoms with Gasteiger partial charge in [0.15, 0.2) is 0 Å². The summed E-state index contributed by atoms with van der Waals surface area (Å²) in [4.78, 5) is 203. The average Bonchev–Trinajstić information content (AvgIpc) is 1.55. The zero-order valence-electron chi connectivity index (χ0n) is 58.2. The van der Waals surface area contributed by atoms with Crippen molar-refractivity contribution < 1.29 is 87.5 Å². The van der Waals surface area contributed by atoms with Crippen LogP contribution in [0, 0.1) is 11.8 Å². The fraction of sp³-hybridized carbons (Fsp3) is 0.544. The molecule has 34 heteroatoms. The van der Waals surface area contributed by atoms with Gasteiger partial charge in [0, 0.05) is 68.1 Å². The van der Waals surface area contributed by atoms with Gasteiger partial charge in [-0.1, -0.05) is 82.6 Å². The number of carboxylic acids is 3. The molecule has 2 aromatic heterocycles. The lowest BCUT2D eigenvalue weighted by molar-refractivity contribution is -0.143. The Morgan fingerprint density at radius 2 is 1.18 bits per heavy atom. The number of nitrogens with zero attached hydrogens (tertiary/aromatic N) is 2. The Kier molecular flexibility index (Phi) is 33.3. The van der Waals surface area contributed by atoms with Gasteiger partial charge < -0.3 is 94.2 Å². The first-order valence-corrected chi connectivity index (χ1v) is 35.3. The Morgan fingerprint density at radius 1 is 0.608 bits per heavy atom. The van der Waals surface area contributed by atoms with E-state index < -0.39 is 187 Å². The van der Waals surface area contributed by atoms with Gasteiger partial charge in [0.25, 0.3) is 0 Å². The number of unbranched alkanes of at least 4 members (excludes halogenated alkanes) is 1. The number of aromatic amines is 2. The topological polar surface area (TPSA) is 514 Å². The van der Waals surface area contributed by atoms with Crippen molar-refractivity contribution in [1.82, 2.24) is 73.0 Å². The van der Waals surface area contributed by atoms with E-state index in [0.717, 1.165) is 6.92 Å². The summed E-state index contributed by atoms with van der Waals surface area (Å²) in [5.41, 5.74) is 7.88. The normalized spacial score (nSPS) is 16.3. The van der Waals surface area contributed by atoms with E-state index in [9.17, 15) is 82.8 Å². The van der Waals surface area contributed by atoms with Gasteiger partial charge in [0.05, 0.1) is 18.9 Å². The Labute approximate surface area is 594 Å². The number of fused-ring (bicyclic) bond motifs is 1. The molecule has 0 unspecified atom stereocenters. The first kappa shape index (κ1) is 82.7. The van der Waals surface area contributed by atoms with Crippen LogP contribution in [0.3, 0.4) is 0 Å². The first-order chi connectivity index (χ1) is 48.5. The number of aromatic nitrogens is 3. The number of para-hydroxylation sites is 1. The number of aliphatic hydroxyl groups is 1. The van der Waals surface area contributed by atoms with E-state index in [1.165, 1.54) is 50.0 Å². The minimum absolute atomic E-state index is 0.0366. The lowest BCUT2D eigenvalue weighted by Gasteiger charge is -2.32. The second kappa shape index (κ2) is 41.1. The zero-order chi connectivity index (χ0) is 75.3. The van der Waals surface area contributed by atoms with Gasteiger partial charge in [-0.15, -0.1) is 0 Å². The van der Waals surface area contributed by atoms with Crippen LogP contribution in [0.2, 0.25) is 0 Å². The highest BCUT2D eigenvalue weighted by Gasteiger charge is 2.42. The number of H-pyrrole nitrogens is 2. The van der Waals surface area contributed by atoms with Crippen LogP contribution in [-0.4, -0.2) is 221 Å². The maximum absolute atomic E-state index is 15.1. The molecule has 2 aromatic carbocycles. The molecule has 1 aliphatic rings. The molecule has 3 heterocycles. The highest BCUT2D eigenvalue weighted by Crippen LogP contribution is 2.24. The van der Waals surface area contributed by atoms with Crippen LogP contribution >= 0.6 is 11.8 Å². The Balaban J connectivity index is 1.39. The molecule has 1 fully saturated rings. The Hall–Kier alpha value is -9.96. The maximum Gasteiger partial charge on any atom is 0.326 e. The van der Waals surface area contributed by atoms with Crippen LogP contribution in [0.1, 0.15) is 123 Å². The number of thioether (sulfide) groups is 1. The van der Waals surface area contributed by atoms with Gasteiger partial charge in [0.2, 0.25) is 65.0 Å². The molecule has 1 aliphatic heterocycles. The summed E-state index contributed by atoms with van der Waals surface area (Å²) in [6.07, 6.45) is 3.24. The minimum Gasteiger partial charge on any atom is -0.481 e. The van der Waals surface area contributed by atoms with Crippen molar-refractivity contribution in [3.8, 4) is 0 Å². The number of aliphatic hydroxyl groups excluding tert-OH is 1. The van der Waals surface area contributed by atoms with Crippen LogP contribution < -0.4 is 58.9 Å². The summed E-state index contributed by atoms with van der Waals surface area (Å²) in [7, 11) is 0. The quantitative estimate of drug-likeness (QED) is 0.0240. The number of carboxylic acid groups (broad SMARTS) is 3. The predicted molar refractivity (Wildman–Crippen MR) is 373 cm³/mol. The summed E-state index contributed by atoms with van der Waals surface area (Å²) < 4.78 is 0. The number of carbonyl (C=O) groups is 14. The second-order valence-corrected chi connectivity index (χ2v) is 26.6. The third kappa shape index (κ3) is 25.6. The summed E-state index contributed by atoms with van der Waals surface area (Å²) in [5.74, 6) is -15.4. The minimum atomic E-state index is -1.86. The van der Waals surface area contributed by atoms with E-state index >= 15 is 4.79 Å². The number of carbonyl (C=O) groups excluding carboxylic acids is 11. The average molecular weight is 1440 g/mol. The van der Waals surface area contributed by atoms with Crippen molar-refractivity contribution in [3.63, 3.8) is 0 Å². The highest BCUT2D eigenvalue weighted by molar-refractivity contribution is 7.98. The second-order valence-electron chi connectivity index (χ2n) is 25.6. The number of imidazole rings is 1.